The monoisotopic (exact) mass is 846 g/mol. The van der Waals surface area contributed by atoms with Gasteiger partial charge >= 0.3 is 5.97 Å². The van der Waals surface area contributed by atoms with Crippen molar-refractivity contribution in [2.75, 3.05) is 54.1 Å². The van der Waals surface area contributed by atoms with Crippen LogP contribution < -0.4 is 4.89 Å². The van der Waals surface area contributed by atoms with Crippen LogP contribution in [0.15, 0.2) is 85.1 Å². The van der Waals surface area contributed by atoms with Crippen molar-refractivity contribution in [3.05, 3.63) is 85.1 Å². The van der Waals surface area contributed by atoms with Gasteiger partial charge in [-0.1, -0.05) is 163 Å². The van der Waals surface area contributed by atoms with Crippen LogP contribution >= 0.6 is 7.82 Å². The number of unbranched alkanes of at least 4 members (excludes halogenated alkanes) is 14. The summed E-state index contributed by atoms with van der Waals surface area (Å²) in [5, 5.41) is 0. The van der Waals surface area contributed by atoms with Crippen LogP contribution in [0.2, 0.25) is 0 Å². The summed E-state index contributed by atoms with van der Waals surface area (Å²) < 4.78 is 34.6. The van der Waals surface area contributed by atoms with E-state index in [1.54, 1.807) is 0 Å². The zero-order valence-electron chi connectivity index (χ0n) is 38.4. The number of ether oxygens (including phenoxy) is 2. The second-order valence-corrected chi connectivity index (χ2v) is 17.8. The van der Waals surface area contributed by atoms with Crippen molar-refractivity contribution in [2.45, 2.75) is 174 Å². The lowest BCUT2D eigenvalue weighted by molar-refractivity contribution is -0.870. The fourth-order valence-electron chi connectivity index (χ4n) is 5.82. The molecule has 0 aliphatic rings. The van der Waals surface area contributed by atoms with Crippen LogP contribution in [0.25, 0.3) is 0 Å². The Bertz CT molecular complexity index is 1210. The van der Waals surface area contributed by atoms with E-state index >= 15 is 0 Å². The summed E-state index contributed by atoms with van der Waals surface area (Å²) in [5.74, 6) is -0.353. The minimum atomic E-state index is -4.53. The molecular weight excluding hydrogens is 758 g/mol. The van der Waals surface area contributed by atoms with E-state index < -0.39 is 13.9 Å². The average Bonchev–Trinajstić information content (AvgIpc) is 3.19. The number of hydrogen-bond donors (Lipinski definition) is 0. The molecule has 0 heterocycles. The molecule has 0 radical (unpaired) electrons. The summed E-state index contributed by atoms with van der Waals surface area (Å²) in [6.07, 6.45) is 56.1. The number of likely N-dealkylation sites (N-methyl/N-ethyl adjacent to an activating group) is 1. The average molecular weight is 846 g/mol. The molecule has 0 aromatic heterocycles. The van der Waals surface area contributed by atoms with Crippen molar-refractivity contribution in [1.82, 2.24) is 0 Å². The molecule has 0 spiro atoms. The normalized spacial score (nSPS) is 14.5. The maximum Gasteiger partial charge on any atom is 0.306 e. The van der Waals surface area contributed by atoms with E-state index in [0.717, 1.165) is 96.3 Å². The lowest BCUT2D eigenvalue weighted by atomic mass is 10.1. The van der Waals surface area contributed by atoms with Crippen molar-refractivity contribution in [1.29, 1.82) is 0 Å². The van der Waals surface area contributed by atoms with Crippen LogP contribution in [0.4, 0.5) is 0 Å². The van der Waals surface area contributed by atoms with E-state index in [-0.39, 0.29) is 25.8 Å². The molecule has 0 aromatic rings. The quantitative estimate of drug-likeness (QED) is 0.0199. The Hall–Kier alpha value is -2.32. The molecule has 59 heavy (non-hydrogen) atoms. The Morgan fingerprint density at radius 1 is 0.542 bits per heavy atom. The smallest absolute Gasteiger partial charge is 0.306 e. The second kappa shape index (κ2) is 42.4. The van der Waals surface area contributed by atoms with E-state index in [9.17, 15) is 14.3 Å². The van der Waals surface area contributed by atoms with Gasteiger partial charge in [0, 0.05) is 13.0 Å². The standard InChI is InChI=1S/C50H88NO7P/c1-6-8-10-12-14-16-18-19-20-21-22-23-24-25-26-27-28-29-30-31-32-34-36-38-40-42-45-55-47-49(48-57-59(53,54)56-46-44-51(3,4)5)58-50(52)43-41-39-37-35-33-17-15-13-11-9-7-2/h8,10,13-16,19-20,22-23,25-26,28-29,49H,6-7,9,11-12,17-18,21,24,27,30-48H2,1-5H3/b10-8-,15-13-,16-14-,20-19-,23-22-,26-25-,29-28-. The summed E-state index contributed by atoms with van der Waals surface area (Å²) in [7, 11) is 1.33. The third kappa shape index (κ3) is 46.6. The van der Waals surface area contributed by atoms with Crippen molar-refractivity contribution >= 4 is 13.8 Å². The first-order valence-electron chi connectivity index (χ1n) is 23.3. The van der Waals surface area contributed by atoms with Gasteiger partial charge in [-0.05, 0) is 83.5 Å². The van der Waals surface area contributed by atoms with Gasteiger partial charge in [0.1, 0.15) is 19.3 Å². The van der Waals surface area contributed by atoms with Gasteiger partial charge < -0.3 is 27.9 Å². The Kier molecular flexibility index (Phi) is 40.7. The number of allylic oxidation sites excluding steroid dienone is 14. The maximum absolute atomic E-state index is 12.6. The Balaban J connectivity index is 4.16. The summed E-state index contributed by atoms with van der Waals surface area (Å²) >= 11 is 0. The summed E-state index contributed by atoms with van der Waals surface area (Å²) in [5.41, 5.74) is 0. The molecule has 0 saturated heterocycles. The van der Waals surface area contributed by atoms with Crippen molar-refractivity contribution in [2.24, 2.45) is 0 Å². The molecule has 0 fully saturated rings. The summed E-state index contributed by atoms with van der Waals surface area (Å²) in [6.45, 7) is 5.19. The predicted molar refractivity (Wildman–Crippen MR) is 249 cm³/mol. The lowest BCUT2D eigenvalue weighted by Crippen LogP contribution is -2.37. The molecule has 0 aromatic carbocycles. The van der Waals surface area contributed by atoms with Gasteiger partial charge in [0.25, 0.3) is 7.82 Å². The SMILES string of the molecule is CC/C=C\C/C=C\C/C=C\C/C=C\C/C=C\C/C=C\CCCCCCCCCOCC(COP(=O)([O-])OCC[N+](C)(C)C)OC(=O)CCCCCCC/C=C\CCCC. The Morgan fingerprint density at radius 3 is 1.49 bits per heavy atom. The highest BCUT2D eigenvalue weighted by atomic mass is 31.2. The number of quaternary nitrogens is 1. The van der Waals surface area contributed by atoms with E-state index in [2.05, 4.69) is 98.9 Å². The molecule has 2 atom stereocenters. The second-order valence-electron chi connectivity index (χ2n) is 16.4. The summed E-state index contributed by atoms with van der Waals surface area (Å²) in [6, 6.07) is 0. The van der Waals surface area contributed by atoms with Crippen LogP contribution in [-0.4, -0.2) is 70.7 Å². The molecule has 9 heteroatoms. The number of hydrogen-bond acceptors (Lipinski definition) is 7. The molecule has 8 nitrogen and oxygen atoms in total. The van der Waals surface area contributed by atoms with Gasteiger partial charge in [-0.3, -0.25) is 9.36 Å². The number of esters is 1. The van der Waals surface area contributed by atoms with E-state index in [4.69, 9.17) is 18.5 Å². The molecule has 0 amide bonds. The van der Waals surface area contributed by atoms with Crippen LogP contribution in [0.3, 0.4) is 0 Å². The van der Waals surface area contributed by atoms with Crippen LogP contribution in [0.5, 0.6) is 0 Å². The van der Waals surface area contributed by atoms with Crippen molar-refractivity contribution in [3.63, 3.8) is 0 Å². The number of rotatable bonds is 42. The first kappa shape index (κ1) is 56.7. The number of carbonyl (C=O) groups is 1. The van der Waals surface area contributed by atoms with Gasteiger partial charge in [-0.25, -0.2) is 0 Å². The van der Waals surface area contributed by atoms with Crippen LogP contribution in [0, 0.1) is 0 Å². The van der Waals surface area contributed by atoms with E-state index in [1.807, 2.05) is 21.1 Å². The van der Waals surface area contributed by atoms with Crippen molar-refractivity contribution in [3.8, 4) is 0 Å². The highest BCUT2D eigenvalue weighted by Crippen LogP contribution is 2.38. The summed E-state index contributed by atoms with van der Waals surface area (Å²) in [4.78, 5) is 25.0. The molecule has 0 bridgehead atoms. The van der Waals surface area contributed by atoms with Gasteiger partial charge in [0.15, 0.2) is 0 Å². The zero-order valence-corrected chi connectivity index (χ0v) is 39.3. The molecule has 0 aliphatic heterocycles. The molecule has 0 rings (SSSR count). The highest BCUT2D eigenvalue weighted by Gasteiger charge is 2.20. The van der Waals surface area contributed by atoms with Gasteiger partial charge in [-0.15, -0.1) is 0 Å². The van der Waals surface area contributed by atoms with E-state index in [1.165, 1.54) is 51.4 Å². The zero-order chi connectivity index (χ0) is 43.4. The molecule has 0 aliphatic carbocycles. The molecule has 0 saturated carbocycles. The van der Waals surface area contributed by atoms with Crippen molar-refractivity contribution < 1.29 is 37.3 Å². The third-order valence-corrected chi connectivity index (χ3v) is 10.4. The third-order valence-electron chi connectivity index (χ3n) is 9.43. The number of phosphoric acid groups is 1. The number of carbonyl (C=O) groups excluding carboxylic acids is 1. The maximum atomic E-state index is 12.6. The van der Waals surface area contributed by atoms with Crippen LogP contribution in [-0.2, 0) is 27.9 Å². The molecular formula is C50H88NO7P. The fourth-order valence-corrected chi connectivity index (χ4v) is 6.55. The number of nitrogens with zero attached hydrogens (tertiary/aromatic N) is 1. The van der Waals surface area contributed by atoms with E-state index in [0.29, 0.717) is 24.1 Å². The highest BCUT2D eigenvalue weighted by molar-refractivity contribution is 7.45. The topological polar surface area (TPSA) is 94.1 Å². The van der Waals surface area contributed by atoms with Gasteiger partial charge in [0.2, 0.25) is 0 Å². The lowest BCUT2D eigenvalue weighted by Gasteiger charge is -2.28. The largest absolute Gasteiger partial charge is 0.756 e. The first-order valence-corrected chi connectivity index (χ1v) is 24.8. The first-order chi connectivity index (χ1) is 28.6. The minimum Gasteiger partial charge on any atom is -0.756 e. The minimum absolute atomic E-state index is 0.0177. The molecule has 2 unspecified atom stereocenters. The molecule has 340 valence electrons. The predicted octanol–water partition coefficient (Wildman–Crippen LogP) is 13.4. The molecule has 0 N–H and O–H groups in total. The van der Waals surface area contributed by atoms with Gasteiger partial charge in [0.05, 0.1) is 34.4 Å². The number of phosphoric ester groups is 1. The Morgan fingerprint density at radius 2 is 0.983 bits per heavy atom. The fraction of sp³-hybridized carbons (Fsp3) is 0.700. The Labute approximate surface area is 363 Å². The van der Waals surface area contributed by atoms with Crippen LogP contribution in [0.1, 0.15) is 168 Å². The van der Waals surface area contributed by atoms with Gasteiger partial charge in [-0.2, -0.15) is 0 Å².